The average molecular weight is 108 g/mol. The highest BCUT2D eigenvalue weighted by Gasteiger charge is 1.86. The number of rotatable bonds is 0. The van der Waals surface area contributed by atoms with Crippen LogP contribution >= 0.6 is 0 Å². The van der Waals surface area contributed by atoms with E-state index in [9.17, 15) is 0 Å². The normalized spacial score (nSPS) is 9.00. The number of nitrogen functional groups attached to an aromatic ring is 1. The molecule has 0 spiro atoms. The second-order valence-electron chi connectivity index (χ2n) is 1.39. The van der Waals surface area contributed by atoms with Gasteiger partial charge in [0, 0.05) is 6.20 Å². The topological polar surface area (TPSA) is 54.8 Å². The van der Waals surface area contributed by atoms with Crippen molar-refractivity contribution in [3.63, 3.8) is 0 Å². The van der Waals surface area contributed by atoms with Gasteiger partial charge in [-0.25, -0.2) is 0 Å². The van der Waals surface area contributed by atoms with Crippen LogP contribution in [0.3, 0.4) is 0 Å². The van der Waals surface area contributed by atoms with Crippen molar-refractivity contribution in [3.05, 3.63) is 24.5 Å². The van der Waals surface area contributed by atoms with Crippen LogP contribution in [-0.4, -0.2) is 10.5 Å². The monoisotopic (exact) mass is 108 g/mol. The Morgan fingerprint density at radius 1 is 1.75 bits per heavy atom. The first-order chi connectivity index (χ1) is 3.80. The van der Waals surface area contributed by atoms with Crippen molar-refractivity contribution in [2.75, 3.05) is 0 Å². The minimum atomic E-state index is -0.00463. The van der Waals surface area contributed by atoms with Crippen LogP contribution in [0.2, 0.25) is 0 Å². The van der Waals surface area contributed by atoms with E-state index in [1.165, 1.54) is 4.57 Å². The molecule has 1 aromatic heterocycles. The maximum atomic E-state index is 6.86. The largest absolute Gasteiger partial charge is 0.369 e. The van der Waals surface area contributed by atoms with E-state index < -0.39 is 0 Å². The summed E-state index contributed by atoms with van der Waals surface area (Å²) in [5.74, 6) is -0.00463. The van der Waals surface area contributed by atoms with Crippen molar-refractivity contribution in [3.8, 4) is 0 Å². The minimum Gasteiger partial charge on any atom is -0.369 e. The fourth-order valence-corrected chi connectivity index (χ4v) is 0.445. The molecule has 1 rings (SSSR count). The molecule has 0 unspecified atom stereocenters. The summed E-state index contributed by atoms with van der Waals surface area (Å²) in [6.07, 6.45) is 4.37. The molecule has 0 amide bonds. The van der Waals surface area contributed by atoms with Crippen LogP contribution in [0.4, 0.5) is 0 Å². The van der Waals surface area contributed by atoms with Gasteiger partial charge in [0.05, 0.1) is 6.20 Å². The van der Waals surface area contributed by atoms with Gasteiger partial charge in [-0.15, -0.1) is 0 Å². The lowest BCUT2D eigenvalue weighted by molar-refractivity contribution is 1.10. The van der Waals surface area contributed by atoms with Crippen molar-refractivity contribution >= 4 is 5.96 Å². The van der Waals surface area contributed by atoms with Crippen molar-refractivity contribution in [2.45, 2.75) is 0 Å². The zero-order valence-electron chi connectivity index (χ0n) is 4.26. The summed E-state index contributed by atoms with van der Waals surface area (Å²) in [6.45, 7) is 0. The molecule has 0 atom stereocenters. The standard InChI is InChI=1S/C5H6N3/c6-5(7)8-3-1-2-4-8/h1-3H,(H3,6,7). The summed E-state index contributed by atoms with van der Waals surface area (Å²) in [6, 6.07) is 3.46. The molecule has 0 aliphatic rings. The molecular weight excluding hydrogens is 102 g/mol. The molecule has 41 valence electrons. The molecule has 0 saturated heterocycles. The molecule has 0 aromatic carbocycles. The van der Waals surface area contributed by atoms with Gasteiger partial charge in [0.1, 0.15) is 0 Å². The molecule has 0 aliphatic carbocycles. The van der Waals surface area contributed by atoms with Crippen LogP contribution < -0.4 is 5.73 Å². The van der Waals surface area contributed by atoms with E-state index in [0.29, 0.717) is 0 Å². The van der Waals surface area contributed by atoms with Crippen LogP contribution in [0.5, 0.6) is 0 Å². The zero-order chi connectivity index (χ0) is 5.98. The molecule has 0 saturated carbocycles. The Kier molecular flexibility index (Phi) is 1.04. The first kappa shape index (κ1) is 4.90. The van der Waals surface area contributed by atoms with Crippen LogP contribution in [0, 0.1) is 11.6 Å². The Hall–Kier alpha value is -1.25. The highest BCUT2D eigenvalue weighted by atomic mass is 15.1. The van der Waals surface area contributed by atoms with E-state index >= 15 is 0 Å². The third-order valence-corrected chi connectivity index (χ3v) is 0.805. The average Bonchev–Trinajstić information content (AvgIpc) is 2.12. The first-order valence-electron chi connectivity index (χ1n) is 2.20. The van der Waals surface area contributed by atoms with E-state index in [1.807, 2.05) is 0 Å². The summed E-state index contributed by atoms with van der Waals surface area (Å²) in [4.78, 5) is 0. The van der Waals surface area contributed by atoms with Crippen molar-refractivity contribution in [1.29, 1.82) is 5.41 Å². The van der Waals surface area contributed by atoms with Crippen LogP contribution in [-0.2, 0) is 0 Å². The number of aromatic nitrogens is 1. The Balaban J connectivity index is 2.93. The molecule has 0 fully saturated rings. The van der Waals surface area contributed by atoms with Crippen molar-refractivity contribution < 1.29 is 0 Å². The lowest BCUT2D eigenvalue weighted by Gasteiger charge is -1.92. The zero-order valence-corrected chi connectivity index (χ0v) is 4.26. The third-order valence-electron chi connectivity index (χ3n) is 0.805. The number of hydrogen-bond donors (Lipinski definition) is 2. The number of nitrogens with zero attached hydrogens (tertiary/aromatic N) is 1. The predicted octanol–water partition coefficient (Wildman–Crippen LogP) is 0.0299. The Bertz CT molecular complexity index is 176. The molecule has 0 bridgehead atoms. The number of hydrogen-bond acceptors (Lipinski definition) is 1. The Morgan fingerprint density at radius 3 is 2.75 bits per heavy atom. The number of nitrogens with two attached hydrogens (primary N) is 1. The van der Waals surface area contributed by atoms with Gasteiger partial charge in [-0.05, 0) is 12.1 Å². The molecule has 0 aliphatic heterocycles. The van der Waals surface area contributed by atoms with Gasteiger partial charge in [-0.1, -0.05) is 0 Å². The fourth-order valence-electron chi connectivity index (χ4n) is 0.445. The number of nitrogens with one attached hydrogen (secondary N) is 1. The molecule has 3 N–H and O–H groups in total. The SMILES string of the molecule is N=C(N)n1[c]ccc1. The first-order valence-corrected chi connectivity index (χ1v) is 2.20. The fraction of sp³-hybridized carbons (Fsp3) is 0. The van der Waals surface area contributed by atoms with E-state index in [2.05, 4.69) is 6.20 Å². The highest BCUT2D eigenvalue weighted by molar-refractivity contribution is 5.76. The Morgan fingerprint density at radius 2 is 2.50 bits per heavy atom. The summed E-state index contributed by atoms with van der Waals surface area (Å²) < 4.78 is 1.40. The predicted molar refractivity (Wildman–Crippen MR) is 30.6 cm³/mol. The van der Waals surface area contributed by atoms with Gasteiger partial charge < -0.3 is 5.73 Å². The van der Waals surface area contributed by atoms with Gasteiger partial charge in [-0.2, -0.15) is 0 Å². The smallest absolute Gasteiger partial charge is 0.197 e. The van der Waals surface area contributed by atoms with Gasteiger partial charge in [0.15, 0.2) is 5.96 Å². The van der Waals surface area contributed by atoms with Crippen LogP contribution in [0.1, 0.15) is 0 Å². The maximum absolute atomic E-state index is 6.86. The van der Waals surface area contributed by atoms with Gasteiger partial charge in [0.2, 0.25) is 0 Å². The van der Waals surface area contributed by atoms with E-state index in [4.69, 9.17) is 11.1 Å². The summed E-state index contributed by atoms with van der Waals surface area (Å²) in [5.41, 5.74) is 5.07. The third kappa shape index (κ3) is 0.703. The van der Waals surface area contributed by atoms with Crippen LogP contribution in [0.15, 0.2) is 18.3 Å². The van der Waals surface area contributed by atoms with Gasteiger partial charge >= 0.3 is 0 Å². The molecule has 3 nitrogen and oxygen atoms in total. The molecule has 3 heteroatoms. The Labute approximate surface area is 47.2 Å². The van der Waals surface area contributed by atoms with E-state index in [1.54, 1.807) is 18.3 Å². The molecule has 1 heterocycles. The van der Waals surface area contributed by atoms with Crippen molar-refractivity contribution in [2.24, 2.45) is 5.73 Å². The van der Waals surface area contributed by atoms with Crippen LogP contribution in [0.25, 0.3) is 0 Å². The summed E-state index contributed by atoms with van der Waals surface area (Å²) in [5, 5.41) is 6.86. The van der Waals surface area contributed by atoms with E-state index in [-0.39, 0.29) is 5.96 Å². The lowest BCUT2D eigenvalue weighted by atomic mass is 10.7. The van der Waals surface area contributed by atoms with Gasteiger partial charge in [0.25, 0.3) is 0 Å². The second kappa shape index (κ2) is 1.69. The highest BCUT2D eigenvalue weighted by Crippen LogP contribution is 1.83. The lowest BCUT2D eigenvalue weighted by Crippen LogP contribution is -2.18. The summed E-state index contributed by atoms with van der Waals surface area (Å²) in [7, 11) is 0. The van der Waals surface area contributed by atoms with E-state index in [0.717, 1.165) is 0 Å². The van der Waals surface area contributed by atoms with Gasteiger partial charge in [-0.3, -0.25) is 9.98 Å². The molecule has 1 aromatic rings. The molecular formula is C5H6N3. The second-order valence-corrected chi connectivity index (χ2v) is 1.39. The minimum absolute atomic E-state index is 0.00463. The molecule has 8 heavy (non-hydrogen) atoms. The maximum Gasteiger partial charge on any atom is 0.197 e. The summed E-state index contributed by atoms with van der Waals surface area (Å²) >= 11 is 0. The quantitative estimate of drug-likeness (QED) is 0.357. The molecule has 1 radical (unpaired) electrons. The van der Waals surface area contributed by atoms with Crippen molar-refractivity contribution in [1.82, 2.24) is 4.57 Å².